The highest BCUT2D eigenvalue weighted by molar-refractivity contribution is 4.94. The molecule has 1 atom stereocenters. The van der Waals surface area contributed by atoms with Gasteiger partial charge in [-0.2, -0.15) is 0 Å². The Labute approximate surface area is 153 Å². The Hall–Kier alpha value is -0.260. The van der Waals surface area contributed by atoms with E-state index in [4.69, 9.17) is 0 Å². The van der Waals surface area contributed by atoms with Crippen LogP contribution in [0.3, 0.4) is 0 Å². The van der Waals surface area contributed by atoms with E-state index in [1.165, 1.54) is 64.2 Å². The van der Waals surface area contributed by atoms with Gasteiger partial charge in [-0.05, 0) is 80.5 Å². The van der Waals surface area contributed by atoms with Gasteiger partial charge in [0.1, 0.15) is 0 Å². The summed E-state index contributed by atoms with van der Waals surface area (Å²) in [6, 6.07) is 0. The van der Waals surface area contributed by atoms with Gasteiger partial charge in [-0.25, -0.2) is 0 Å². The van der Waals surface area contributed by atoms with Crippen LogP contribution >= 0.6 is 0 Å². The van der Waals surface area contributed by atoms with Crippen LogP contribution in [0.4, 0.5) is 0 Å². The minimum atomic E-state index is 0.778. The molecule has 2 aliphatic carbocycles. The van der Waals surface area contributed by atoms with Crippen molar-refractivity contribution in [3.63, 3.8) is 0 Å². The van der Waals surface area contributed by atoms with Crippen molar-refractivity contribution < 1.29 is 0 Å². The molecule has 2 saturated carbocycles. The molecule has 142 valence electrons. The summed E-state index contributed by atoms with van der Waals surface area (Å²) >= 11 is 0. The molecule has 0 N–H and O–H groups in total. The minimum Gasteiger partial charge on any atom is -0.0854 e. The second kappa shape index (κ2) is 12.2. The highest BCUT2D eigenvalue weighted by Gasteiger charge is 2.29. The zero-order valence-corrected chi connectivity index (χ0v) is 17.7. The van der Waals surface area contributed by atoms with E-state index in [2.05, 4.69) is 39.8 Å². The highest BCUT2D eigenvalue weighted by atomic mass is 14.3. The van der Waals surface area contributed by atoms with Crippen LogP contribution in [0.1, 0.15) is 106 Å². The molecule has 0 aromatic heterocycles. The number of rotatable bonds is 6. The monoisotopic (exact) mass is 334 g/mol. The van der Waals surface area contributed by atoms with Gasteiger partial charge in [-0.1, -0.05) is 73.0 Å². The van der Waals surface area contributed by atoms with Crippen molar-refractivity contribution in [3.05, 3.63) is 12.2 Å². The van der Waals surface area contributed by atoms with Gasteiger partial charge in [0.05, 0.1) is 0 Å². The summed E-state index contributed by atoms with van der Waals surface area (Å²) in [6.07, 6.45) is 19.8. The van der Waals surface area contributed by atoms with Crippen molar-refractivity contribution in [1.82, 2.24) is 0 Å². The quantitative estimate of drug-likeness (QED) is 0.429. The fourth-order valence-electron chi connectivity index (χ4n) is 4.61. The average molecular weight is 335 g/mol. The van der Waals surface area contributed by atoms with Crippen LogP contribution in [0.2, 0.25) is 0 Å². The predicted octanol–water partition coefficient (Wildman–Crippen LogP) is 8.27. The Bertz CT molecular complexity index is 311. The SMILES string of the molecule is CC.CC(C)CCC(C)/C=C/C1CCC(C2CCC(C)CC2)CC1. The smallest absolute Gasteiger partial charge is 0.0233 e. The standard InChI is InChI=1S/C22H40.C2H6/c1-17(2)5-6-18(3)7-10-20-11-15-22(16-12-20)21-13-8-19(4)9-14-21;1-2/h7,10,17-22H,5-6,8-9,11-16H2,1-4H3;1-2H3/b10-7+;. The van der Waals surface area contributed by atoms with Gasteiger partial charge in [0.15, 0.2) is 0 Å². The van der Waals surface area contributed by atoms with Crippen molar-refractivity contribution in [1.29, 1.82) is 0 Å². The molecular weight excluding hydrogens is 288 g/mol. The second-order valence-electron chi connectivity index (χ2n) is 9.03. The average Bonchev–Trinajstić information content (AvgIpc) is 2.61. The Morgan fingerprint density at radius 3 is 1.75 bits per heavy atom. The van der Waals surface area contributed by atoms with E-state index in [1.807, 2.05) is 13.8 Å². The van der Waals surface area contributed by atoms with E-state index < -0.39 is 0 Å². The van der Waals surface area contributed by atoms with Crippen LogP contribution in [-0.4, -0.2) is 0 Å². The number of hydrogen-bond donors (Lipinski definition) is 0. The van der Waals surface area contributed by atoms with Crippen LogP contribution in [0, 0.1) is 35.5 Å². The molecule has 0 aliphatic heterocycles. The van der Waals surface area contributed by atoms with E-state index in [1.54, 1.807) is 0 Å². The topological polar surface area (TPSA) is 0 Å². The third kappa shape index (κ3) is 8.21. The molecule has 0 saturated heterocycles. The van der Waals surface area contributed by atoms with Crippen LogP contribution < -0.4 is 0 Å². The van der Waals surface area contributed by atoms with E-state index in [9.17, 15) is 0 Å². The molecule has 24 heavy (non-hydrogen) atoms. The van der Waals surface area contributed by atoms with Crippen LogP contribution in [-0.2, 0) is 0 Å². The molecule has 0 radical (unpaired) electrons. The molecule has 0 heterocycles. The first-order chi connectivity index (χ1) is 11.5. The lowest BCUT2D eigenvalue weighted by molar-refractivity contribution is 0.160. The molecule has 0 heteroatoms. The Morgan fingerprint density at radius 2 is 1.25 bits per heavy atom. The highest BCUT2D eigenvalue weighted by Crippen LogP contribution is 2.41. The Balaban J connectivity index is 0.00000139. The summed E-state index contributed by atoms with van der Waals surface area (Å²) in [5.41, 5.74) is 0. The van der Waals surface area contributed by atoms with Crippen molar-refractivity contribution in [2.24, 2.45) is 35.5 Å². The normalized spacial score (nSPS) is 32.5. The van der Waals surface area contributed by atoms with Gasteiger partial charge in [-0.3, -0.25) is 0 Å². The van der Waals surface area contributed by atoms with Crippen LogP contribution in [0.25, 0.3) is 0 Å². The van der Waals surface area contributed by atoms with E-state index in [-0.39, 0.29) is 0 Å². The van der Waals surface area contributed by atoms with Gasteiger partial charge in [0.2, 0.25) is 0 Å². The summed E-state index contributed by atoms with van der Waals surface area (Å²) in [5, 5.41) is 0. The number of allylic oxidation sites excluding steroid dienone is 2. The lowest BCUT2D eigenvalue weighted by atomic mass is 9.69. The molecular formula is C24H46. The van der Waals surface area contributed by atoms with Crippen molar-refractivity contribution in [2.75, 3.05) is 0 Å². The third-order valence-electron chi connectivity index (χ3n) is 6.45. The largest absolute Gasteiger partial charge is 0.0854 e. The molecule has 0 amide bonds. The lowest BCUT2D eigenvalue weighted by Gasteiger charge is -2.36. The van der Waals surface area contributed by atoms with Gasteiger partial charge < -0.3 is 0 Å². The maximum Gasteiger partial charge on any atom is -0.0233 e. The van der Waals surface area contributed by atoms with E-state index in [0.29, 0.717) is 0 Å². The van der Waals surface area contributed by atoms with Crippen molar-refractivity contribution in [2.45, 2.75) is 106 Å². The lowest BCUT2D eigenvalue weighted by Crippen LogP contribution is -2.24. The molecule has 2 rings (SSSR count). The van der Waals surface area contributed by atoms with E-state index in [0.717, 1.165) is 35.5 Å². The summed E-state index contributed by atoms with van der Waals surface area (Å²) in [7, 11) is 0. The van der Waals surface area contributed by atoms with Gasteiger partial charge in [-0.15, -0.1) is 0 Å². The van der Waals surface area contributed by atoms with Crippen LogP contribution in [0.5, 0.6) is 0 Å². The first kappa shape index (κ1) is 21.8. The van der Waals surface area contributed by atoms with Crippen molar-refractivity contribution >= 4 is 0 Å². The molecule has 2 aliphatic rings. The molecule has 0 aromatic rings. The molecule has 1 unspecified atom stereocenters. The van der Waals surface area contributed by atoms with Gasteiger partial charge >= 0.3 is 0 Å². The second-order valence-corrected chi connectivity index (χ2v) is 9.03. The first-order valence-electron chi connectivity index (χ1n) is 11.2. The molecule has 0 aromatic carbocycles. The van der Waals surface area contributed by atoms with Crippen molar-refractivity contribution in [3.8, 4) is 0 Å². The predicted molar refractivity (Wildman–Crippen MR) is 110 cm³/mol. The maximum absolute atomic E-state index is 2.57. The van der Waals surface area contributed by atoms with Gasteiger partial charge in [0, 0.05) is 0 Å². The Morgan fingerprint density at radius 1 is 0.750 bits per heavy atom. The molecule has 2 fully saturated rings. The van der Waals surface area contributed by atoms with Gasteiger partial charge in [0.25, 0.3) is 0 Å². The first-order valence-corrected chi connectivity index (χ1v) is 11.2. The summed E-state index contributed by atoms with van der Waals surface area (Å²) < 4.78 is 0. The maximum atomic E-state index is 2.57. The summed E-state index contributed by atoms with van der Waals surface area (Å²) in [4.78, 5) is 0. The fraction of sp³-hybridized carbons (Fsp3) is 0.917. The number of hydrogen-bond acceptors (Lipinski definition) is 0. The minimum absolute atomic E-state index is 0.778. The third-order valence-corrected chi connectivity index (χ3v) is 6.45. The Kier molecular flexibility index (Phi) is 11.0. The zero-order valence-electron chi connectivity index (χ0n) is 17.7. The fourth-order valence-corrected chi connectivity index (χ4v) is 4.61. The molecule has 0 nitrogen and oxygen atoms in total. The van der Waals surface area contributed by atoms with E-state index >= 15 is 0 Å². The zero-order chi connectivity index (χ0) is 17.9. The summed E-state index contributed by atoms with van der Waals surface area (Å²) in [5.74, 6) is 5.66. The molecule has 0 spiro atoms. The van der Waals surface area contributed by atoms with Crippen LogP contribution in [0.15, 0.2) is 12.2 Å². The molecule has 0 bridgehead atoms. The summed E-state index contributed by atoms with van der Waals surface area (Å²) in [6.45, 7) is 13.5.